The predicted molar refractivity (Wildman–Crippen MR) is 96.3 cm³/mol. The lowest BCUT2D eigenvalue weighted by Gasteiger charge is -2.47. The van der Waals surface area contributed by atoms with E-state index < -0.39 is 45.8 Å². The molecule has 4 N–H and O–H groups in total. The van der Waals surface area contributed by atoms with E-state index in [0.717, 1.165) is 28.0 Å². The van der Waals surface area contributed by atoms with Crippen molar-refractivity contribution in [3.05, 3.63) is 21.9 Å². The summed E-state index contributed by atoms with van der Waals surface area (Å²) in [4.78, 5) is 38.8. The second-order valence-electron chi connectivity index (χ2n) is 6.86. The van der Waals surface area contributed by atoms with Crippen LogP contribution in [-0.2, 0) is 20.8 Å². The number of nitrogens with one attached hydrogen (secondary N) is 1. The molecule has 2 aliphatic heterocycles. The van der Waals surface area contributed by atoms with Gasteiger partial charge in [0.2, 0.25) is 5.91 Å². The van der Waals surface area contributed by atoms with Crippen LogP contribution < -0.4 is 11.1 Å². The summed E-state index contributed by atoms with van der Waals surface area (Å²) in [6.45, 7) is 5.24. The number of aliphatic carboxylic acids is 1. The number of hydrogen-bond acceptors (Lipinski definition) is 6. The summed E-state index contributed by atoms with van der Waals surface area (Å²) in [5, 5.41) is 10.4. The normalized spacial score (nSPS) is 30.5. The van der Waals surface area contributed by atoms with Gasteiger partial charge >= 0.3 is 5.97 Å². The van der Waals surface area contributed by atoms with Crippen LogP contribution in [0.25, 0.3) is 0 Å². The maximum Gasteiger partial charge on any atom is 0.327 e. The lowest BCUT2D eigenvalue weighted by atomic mass is 9.94. The van der Waals surface area contributed by atoms with Crippen molar-refractivity contribution in [2.45, 2.75) is 55.2 Å². The molecule has 0 bridgehead atoms. The molecule has 1 unspecified atom stereocenters. The van der Waals surface area contributed by atoms with Gasteiger partial charge in [0.15, 0.2) is 0 Å². The molecule has 0 aliphatic carbocycles. The monoisotopic (exact) mass is 401 g/mol. The summed E-state index contributed by atoms with van der Waals surface area (Å²) in [6, 6.07) is 1.32. The first kappa shape index (κ1) is 19.1. The number of rotatable bonds is 5. The summed E-state index contributed by atoms with van der Waals surface area (Å²) in [6.07, 6.45) is 0.796. The highest BCUT2D eigenvalue weighted by Gasteiger charge is 2.73. The Morgan fingerprint density at radius 1 is 1.46 bits per heavy atom. The van der Waals surface area contributed by atoms with Gasteiger partial charge in [-0.15, -0.1) is 23.1 Å². The highest BCUT2D eigenvalue weighted by Crippen LogP contribution is 2.55. The molecule has 3 rings (SSSR count). The molecule has 2 saturated heterocycles. The second kappa shape index (κ2) is 6.21. The Balaban J connectivity index is 1.77. The number of nitrogens with two attached hydrogens (primary N) is 1. The summed E-state index contributed by atoms with van der Waals surface area (Å²) >= 11 is 2.38. The van der Waals surface area contributed by atoms with Gasteiger partial charge < -0.3 is 21.1 Å². The topological polar surface area (TPSA) is 113 Å². The van der Waals surface area contributed by atoms with Gasteiger partial charge in [0.1, 0.15) is 17.5 Å². The van der Waals surface area contributed by atoms with E-state index in [4.69, 9.17) is 5.73 Å². The van der Waals surface area contributed by atoms with E-state index in [1.807, 2.05) is 13.0 Å². The summed E-state index contributed by atoms with van der Waals surface area (Å²) in [5.74, 6) is -5.70. The number of hydrogen-bond donors (Lipinski definition) is 3. The van der Waals surface area contributed by atoms with Crippen LogP contribution in [0.4, 0.5) is 4.39 Å². The molecule has 26 heavy (non-hydrogen) atoms. The summed E-state index contributed by atoms with van der Waals surface area (Å²) < 4.78 is 14.4. The third-order valence-corrected chi connectivity index (χ3v) is 7.57. The first-order valence-electron chi connectivity index (χ1n) is 8.11. The average Bonchev–Trinajstić information content (AvgIpc) is 3.14. The van der Waals surface area contributed by atoms with Crippen molar-refractivity contribution in [3.8, 4) is 0 Å². The van der Waals surface area contributed by atoms with Crippen LogP contribution in [0, 0.1) is 0 Å². The largest absolute Gasteiger partial charge is 0.480 e. The van der Waals surface area contributed by atoms with Crippen LogP contribution in [0.5, 0.6) is 0 Å². The molecule has 0 spiro atoms. The number of thiophene rings is 1. The maximum atomic E-state index is 15.2. The van der Waals surface area contributed by atoms with Crippen LogP contribution in [0.2, 0.25) is 0 Å². The maximum absolute atomic E-state index is 15.2. The molecule has 0 saturated carbocycles. The molecule has 1 aromatic rings. The second-order valence-corrected chi connectivity index (χ2v) is 9.80. The number of aryl methyl sites for hydroxylation is 1. The number of carboxylic acid groups (broad SMARTS) is 1. The van der Waals surface area contributed by atoms with Crippen LogP contribution >= 0.6 is 23.1 Å². The molecule has 2 fully saturated rings. The van der Waals surface area contributed by atoms with Crippen molar-refractivity contribution in [3.63, 3.8) is 0 Å². The molecule has 0 aromatic carbocycles. The standard InChI is InChI=1S/C16H20FN3O4S2/c1-4-7-5-6-8(25-7)9(18)11(21)19-16(17)13(24)20-10(12(22)23)15(2,3)26-14(16)20/h5-6,9-10,14H,4,18H2,1-3H3,(H,19,21)(H,22,23)/t9?,10-,14+,16-/m0/s1. The minimum atomic E-state index is -2.65. The Bertz CT molecular complexity index is 783. The molecule has 4 atom stereocenters. The first-order chi connectivity index (χ1) is 12.0. The summed E-state index contributed by atoms with van der Waals surface area (Å²) in [5.41, 5.74) is 5.91. The lowest BCUT2D eigenvalue weighted by Crippen LogP contribution is -2.77. The van der Waals surface area contributed by atoms with Crippen LogP contribution in [0.15, 0.2) is 12.1 Å². The zero-order valence-corrected chi connectivity index (χ0v) is 16.1. The van der Waals surface area contributed by atoms with Gasteiger partial charge in [0.05, 0.1) is 0 Å². The Morgan fingerprint density at radius 2 is 2.12 bits per heavy atom. The number of carboxylic acids is 1. The Morgan fingerprint density at radius 3 is 2.65 bits per heavy atom. The van der Waals surface area contributed by atoms with Crippen molar-refractivity contribution >= 4 is 40.9 Å². The van der Waals surface area contributed by atoms with E-state index in [-0.39, 0.29) is 0 Å². The first-order valence-corrected chi connectivity index (χ1v) is 9.81. The number of thioether (sulfide) groups is 1. The van der Waals surface area contributed by atoms with Gasteiger partial charge in [-0.05, 0) is 32.4 Å². The number of halogens is 1. The SMILES string of the molecule is CCc1ccc(C(N)C(=O)N[C@@]2(F)C(=O)N3[C@@H](C(=O)O)C(C)(C)S[C@@H]32)s1. The minimum absolute atomic E-state index is 0.578. The number of nitrogens with zero attached hydrogens (tertiary/aromatic N) is 1. The van der Waals surface area contributed by atoms with E-state index in [1.165, 1.54) is 11.3 Å². The predicted octanol–water partition coefficient (Wildman–Crippen LogP) is 1.24. The van der Waals surface area contributed by atoms with Crippen molar-refractivity contribution < 1.29 is 23.9 Å². The fourth-order valence-corrected chi connectivity index (χ4v) is 5.80. The minimum Gasteiger partial charge on any atom is -0.480 e. The molecular formula is C16H20FN3O4S2. The van der Waals surface area contributed by atoms with Crippen molar-refractivity contribution in [1.82, 2.24) is 10.2 Å². The molecule has 2 aliphatic rings. The number of β-lactam (4-membered cyclic amide) rings is 1. The number of fused-ring (bicyclic) bond motifs is 1. The van der Waals surface area contributed by atoms with Gasteiger partial charge in [-0.2, -0.15) is 0 Å². The lowest BCUT2D eigenvalue weighted by molar-refractivity contribution is -0.182. The quantitative estimate of drug-likeness (QED) is 0.505. The van der Waals surface area contributed by atoms with E-state index in [2.05, 4.69) is 5.32 Å². The molecule has 1 aromatic heterocycles. The van der Waals surface area contributed by atoms with Crippen LogP contribution in [-0.4, -0.2) is 49.7 Å². The Kier molecular flexibility index (Phi) is 4.56. The molecular weight excluding hydrogens is 381 g/mol. The molecule has 0 radical (unpaired) electrons. The number of amides is 2. The number of alkyl halides is 1. The molecule has 2 amide bonds. The third-order valence-electron chi connectivity index (χ3n) is 4.65. The van der Waals surface area contributed by atoms with Gasteiger partial charge in [0.25, 0.3) is 11.7 Å². The van der Waals surface area contributed by atoms with Crippen LogP contribution in [0.3, 0.4) is 0 Å². The Labute approximate surface area is 158 Å². The molecule has 142 valence electrons. The van der Waals surface area contributed by atoms with Gasteiger partial charge in [-0.25, -0.2) is 9.18 Å². The number of carbonyl (C=O) groups is 3. The third kappa shape index (κ3) is 2.71. The zero-order chi connectivity index (χ0) is 19.4. The van der Waals surface area contributed by atoms with Crippen molar-refractivity contribution in [2.75, 3.05) is 0 Å². The highest BCUT2D eigenvalue weighted by molar-refractivity contribution is 8.01. The highest BCUT2D eigenvalue weighted by atomic mass is 32.2. The smallest absolute Gasteiger partial charge is 0.327 e. The fraction of sp³-hybridized carbons (Fsp3) is 0.562. The van der Waals surface area contributed by atoms with Gasteiger partial charge in [-0.1, -0.05) is 6.92 Å². The fourth-order valence-electron chi connectivity index (χ4n) is 3.27. The van der Waals surface area contributed by atoms with Gasteiger partial charge in [-0.3, -0.25) is 9.59 Å². The van der Waals surface area contributed by atoms with Crippen LogP contribution in [0.1, 0.15) is 36.6 Å². The zero-order valence-electron chi connectivity index (χ0n) is 14.5. The Hall–Kier alpha value is -1.65. The molecule has 3 heterocycles. The van der Waals surface area contributed by atoms with E-state index in [1.54, 1.807) is 19.9 Å². The van der Waals surface area contributed by atoms with Crippen molar-refractivity contribution in [2.24, 2.45) is 5.73 Å². The molecule has 10 heteroatoms. The summed E-state index contributed by atoms with van der Waals surface area (Å²) in [7, 11) is 0. The van der Waals surface area contributed by atoms with Crippen molar-refractivity contribution in [1.29, 1.82) is 0 Å². The van der Waals surface area contributed by atoms with E-state index >= 15 is 4.39 Å². The van der Waals surface area contributed by atoms with E-state index in [9.17, 15) is 19.5 Å². The number of carbonyl (C=O) groups excluding carboxylic acids is 2. The van der Waals surface area contributed by atoms with Gasteiger partial charge in [0, 0.05) is 14.5 Å². The van der Waals surface area contributed by atoms with E-state index in [0.29, 0.717) is 4.88 Å². The molecule has 7 nitrogen and oxygen atoms in total. The average molecular weight is 401 g/mol.